The van der Waals surface area contributed by atoms with E-state index in [0.717, 1.165) is 0 Å². The number of rotatable bonds is 3. The Morgan fingerprint density at radius 1 is 1.77 bits per heavy atom. The average molecular weight is 268 g/mol. The van der Waals surface area contributed by atoms with E-state index in [0.29, 0.717) is 22.9 Å². The molecule has 13 heavy (non-hydrogen) atoms. The van der Waals surface area contributed by atoms with E-state index in [9.17, 15) is 10.1 Å². The zero-order valence-corrected chi connectivity index (χ0v) is 9.17. The van der Waals surface area contributed by atoms with Crippen LogP contribution in [0.1, 0.15) is 5.82 Å². The number of aryl methyl sites for hydroxylation is 1. The first-order chi connectivity index (χ1) is 6.07. The van der Waals surface area contributed by atoms with Crippen LogP contribution >= 0.6 is 27.5 Å². The van der Waals surface area contributed by atoms with Crippen LogP contribution in [0.2, 0.25) is 0 Å². The summed E-state index contributed by atoms with van der Waals surface area (Å²) in [5.74, 6) is 0.814. The minimum atomic E-state index is -0.526. The summed E-state index contributed by atoms with van der Waals surface area (Å²) in [6, 6.07) is 0. The maximum absolute atomic E-state index is 10.5. The Bertz CT molecular complexity index is 339. The van der Waals surface area contributed by atoms with E-state index in [1.165, 1.54) is 0 Å². The standard InChI is InChI=1S/C6H7BrClN3O2/c1-4-9-6(11(12)13)5(7)10(4)3-2-8/h2-3H2,1H3. The number of hydrogen-bond acceptors (Lipinski definition) is 3. The molecule has 0 unspecified atom stereocenters. The number of nitro groups is 1. The predicted octanol–water partition coefficient (Wildman–Crippen LogP) is 2.10. The first-order valence-corrected chi connectivity index (χ1v) is 4.83. The van der Waals surface area contributed by atoms with Crippen molar-refractivity contribution in [2.24, 2.45) is 0 Å². The van der Waals surface area contributed by atoms with Gasteiger partial charge in [0.2, 0.25) is 5.82 Å². The molecule has 7 heteroatoms. The van der Waals surface area contributed by atoms with Crippen molar-refractivity contribution in [3.05, 3.63) is 20.5 Å². The first kappa shape index (κ1) is 10.5. The Morgan fingerprint density at radius 2 is 2.38 bits per heavy atom. The van der Waals surface area contributed by atoms with Gasteiger partial charge in [-0.2, -0.15) is 0 Å². The van der Waals surface area contributed by atoms with Crippen LogP contribution in [0.3, 0.4) is 0 Å². The van der Waals surface area contributed by atoms with Crippen LogP contribution in [0.5, 0.6) is 0 Å². The van der Waals surface area contributed by atoms with Gasteiger partial charge < -0.3 is 10.1 Å². The van der Waals surface area contributed by atoms with Crippen molar-refractivity contribution >= 4 is 33.3 Å². The molecule has 1 heterocycles. The Kier molecular flexibility index (Phi) is 3.27. The Hall–Kier alpha value is -0.620. The minimum absolute atomic E-state index is 0.164. The number of hydrogen-bond donors (Lipinski definition) is 0. The van der Waals surface area contributed by atoms with E-state index in [4.69, 9.17) is 11.6 Å². The van der Waals surface area contributed by atoms with Crippen LogP contribution in [0.15, 0.2) is 4.60 Å². The van der Waals surface area contributed by atoms with Crippen LogP contribution in [-0.2, 0) is 6.54 Å². The minimum Gasteiger partial charge on any atom is -0.358 e. The molecular formula is C6H7BrClN3O2. The second-order valence-corrected chi connectivity index (χ2v) is 3.50. The normalized spacial score (nSPS) is 10.4. The Morgan fingerprint density at radius 3 is 2.77 bits per heavy atom. The summed E-state index contributed by atoms with van der Waals surface area (Å²) in [4.78, 5) is 13.7. The third-order valence-corrected chi connectivity index (χ3v) is 2.51. The molecule has 1 rings (SSSR count). The molecule has 0 radical (unpaired) electrons. The fraction of sp³-hybridized carbons (Fsp3) is 0.500. The monoisotopic (exact) mass is 267 g/mol. The van der Waals surface area contributed by atoms with Gasteiger partial charge in [-0.1, -0.05) is 0 Å². The molecule has 0 saturated heterocycles. The highest BCUT2D eigenvalue weighted by atomic mass is 79.9. The third-order valence-electron chi connectivity index (χ3n) is 1.56. The molecule has 0 saturated carbocycles. The highest BCUT2D eigenvalue weighted by Gasteiger charge is 2.22. The van der Waals surface area contributed by atoms with Crippen molar-refractivity contribution < 1.29 is 4.92 Å². The Balaban J connectivity index is 3.14. The molecule has 0 atom stereocenters. The summed E-state index contributed by atoms with van der Waals surface area (Å²) < 4.78 is 2.03. The van der Waals surface area contributed by atoms with Crippen molar-refractivity contribution in [2.75, 3.05) is 5.88 Å². The van der Waals surface area contributed by atoms with Gasteiger partial charge in [-0.05, 0) is 25.8 Å². The zero-order chi connectivity index (χ0) is 10.0. The lowest BCUT2D eigenvalue weighted by Crippen LogP contribution is -2.01. The fourth-order valence-electron chi connectivity index (χ4n) is 0.983. The van der Waals surface area contributed by atoms with Crippen molar-refractivity contribution in [2.45, 2.75) is 13.5 Å². The number of imidazole rings is 1. The number of alkyl halides is 1. The second kappa shape index (κ2) is 4.06. The smallest absolute Gasteiger partial charge is 0.358 e. The van der Waals surface area contributed by atoms with Gasteiger partial charge in [0.25, 0.3) is 0 Å². The van der Waals surface area contributed by atoms with Gasteiger partial charge >= 0.3 is 5.82 Å². The average Bonchev–Trinajstić information content (AvgIpc) is 2.32. The van der Waals surface area contributed by atoms with Gasteiger partial charge in [-0.25, -0.2) is 0 Å². The molecule has 72 valence electrons. The van der Waals surface area contributed by atoms with Crippen molar-refractivity contribution in [3.63, 3.8) is 0 Å². The van der Waals surface area contributed by atoms with Crippen molar-refractivity contribution in [3.8, 4) is 0 Å². The molecule has 0 spiro atoms. The SMILES string of the molecule is Cc1nc([N+](=O)[O-])c(Br)n1CCCl. The lowest BCUT2D eigenvalue weighted by molar-refractivity contribution is -0.390. The molecular weight excluding hydrogens is 261 g/mol. The van der Waals surface area contributed by atoms with E-state index in [-0.39, 0.29) is 5.82 Å². The van der Waals surface area contributed by atoms with Gasteiger partial charge in [0.15, 0.2) is 4.60 Å². The molecule has 5 nitrogen and oxygen atoms in total. The number of nitrogens with zero attached hydrogens (tertiary/aromatic N) is 3. The van der Waals surface area contributed by atoms with Crippen molar-refractivity contribution in [1.29, 1.82) is 0 Å². The van der Waals surface area contributed by atoms with Crippen LogP contribution < -0.4 is 0 Å². The van der Waals surface area contributed by atoms with E-state index in [1.807, 2.05) is 0 Å². The lowest BCUT2D eigenvalue weighted by atomic mass is 10.6. The summed E-state index contributed by atoms with van der Waals surface area (Å²) in [6.45, 7) is 2.21. The van der Waals surface area contributed by atoms with Gasteiger partial charge in [-0.3, -0.25) is 4.57 Å². The van der Waals surface area contributed by atoms with Crippen molar-refractivity contribution in [1.82, 2.24) is 9.55 Å². The number of aromatic nitrogens is 2. The molecule has 1 aromatic rings. The topological polar surface area (TPSA) is 61.0 Å². The molecule has 0 N–H and O–H groups in total. The summed E-state index contributed by atoms with van der Waals surface area (Å²) in [7, 11) is 0. The van der Waals surface area contributed by atoms with E-state index < -0.39 is 4.92 Å². The first-order valence-electron chi connectivity index (χ1n) is 3.51. The molecule has 0 aliphatic heterocycles. The fourth-order valence-corrected chi connectivity index (χ4v) is 1.82. The molecule has 0 aromatic carbocycles. The lowest BCUT2D eigenvalue weighted by Gasteiger charge is -1.98. The van der Waals surface area contributed by atoms with Gasteiger partial charge in [0.1, 0.15) is 0 Å². The number of halogens is 2. The van der Waals surface area contributed by atoms with Gasteiger partial charge in [0, 0.05) is 19.3 Å². The molecule has 0 bridgehead atoms. The molecule has 1 aromatic heterocycles. The van der Waals surface area contributed by atoms with Crippen LogP contribution in [0.25, 0.3) is 0 Å². The zero-order valence-electron chi connectivity index (χ0n) is 6.83. The summed E-state index contributed by atoms with van der Waals surface area (Å²) in [6.07, 6.45) is 0. The van der Waals surface area contributed by atoms with E-state index in [1.54, 1.807) is 11.5 Å². The molecule has 0 fully saturated rings. The molecule has 0 amide bonds. The van der Waals surface area contributed by atoms with Gasteiger partial charge in [-0.15, -0.1) is 11.6 Å². The molecule has 0 aliphatic rings. The highest BCUT2D eigenvalue weighted by Crippen LogP contribution is 2.24. The highest BCUT2D eigenvalue weighted by molar-refractivity contribution is 9.10. The third kappa shape index (κ3) is 2.00. The summed E-state index contributed by atoms with van der Waals surface area (Å²) in [5, 5.41) is 10.5. The van der Waals surface area contributed by atoms with Crippen LogP contribution in [-0.4, -0.2) is 20.4 Å². The largest absolute Gasteiger partial charge is 0.396 e. The second-order valence-electron chi connectivity index (χ2n) is 2.37. The summed E-state index contributed by atoms with van der Waals surface area (Å²) >= 11 is 8.63. The predicted molar refractivity (Wildman–Crippen MR) is 52.0 cm³/mol. The Labute approximate surface area is 88.0 Å². The maximum Gasteiger partial charge on any atom is 0.396 e. The van der Waals surface area contributed by atoms with Crippen LogP contribution in [0, 0.1) is 17.0 Å². The van der Waals surface area contributed by atoms with Crippen LogP contribution in [0.4, 0.5) is 5.82 Å². The van der Waals surface area contributed by atoms with E-state index in [2.05, 4.69) is 20.9 Å². The molecule has 0 aliphatic carbocycles. The quantitative estimate of drug-likeness (QED) is 0.479. The summed E-state index contributed by atoms with van der Waals surface area (Å²) in [5.41, 5.74) is 0. The van der Waals surface area contributed by atoms with E-state index >= 15 is 0 Å². The van der Waals surface area contributed by atoms with Gasteiger partial charge in [0.05, 0.1) is 0 Å². The maximum atomic E-state index is 10.5.